The zero-order valence-electron chi connectivity index (χ0n) is 12.3. The molecule has 0 aliphatic heterocycles. The lowest BCUT2D eigenvalue weighted by atomic mass is 9.47. The van der Waals surface area contributed by atoms with Gasteiger partial charge in [0.05, 0.1) is 0 Å². The second kappa shape index (κ2) is 4.12. The molecule has 1 heteroatoms. The molecule has 4 atom stereocenters. The Morgan fingerprint density at radius 1 is 1.35 bits per heavy atom. The molecule has 17 heavy (non-hydrogen) atoms. The van der Waals surface area contributed by atoms with Crippen LogP contribution in [0, 0.1) is 17.3 Å². The van der Waals surface area contributed by atoms with Gasteiger partial charge in [-0.1, -0.05) is 32.8 Å². The molecule has 2 aliphatic rings. The molecular weight excluding hydrogens is 206 g/mol. The van der Waals surface area contributed by atoms with Gasteiger partial charge in [0.1, 0.15) is 0 Å². The van der Waals surface area contributed by atoms with E-state index in [0.717, 1.165) is 11.8 Å². The highest BCUT2D eigenvalue weighted by Crippen LogP contribution is 2.60. The molecule has 2 rings (SSSR count). The van der Waals surface area contributed by atoms with E-state index in [1.54, 1.807) is 11.1 Å². The van der Waals surface area contributed by atoms with Crippen molar-refractivity contribution in [3.05, 3.63) is 11.1 Å². The predicted molar refractivity (Wildman–Crippen MR) is 74.8 cm³/mol. The molecule has 0 heterocycles. The maximum Gasteiger partial charge on any atom is 0.0348 e. The Balaban J connectivity index is 2.33. The predicted octanol–water partition coefficient (Wildman–Crippen LogP) is 4.28. The Bertz CT molecular complexity index is 339. The van der Waals surface area contributed by atoms with E-state index in [4.69, 9.17) is 5.73 Å². The van der Waals surface area contributed by atoms with Crippen LogP contribution in [0.5, 0.6) is 0 Å². The lowest BCUT2D eigenvalue weighted by Gasteiger charge is -2.58. The van der Waals surface area contributed by atoms with Gasteiger partial charge in [-0.15, -0.1) is 0 Å². The quantitative estimate of drug-likeness (QED) is 0.710. The maximum atomic E-state index is 6.60. The van der Waals surface area contributed by atoms with Crippen molar-refractivity contribution in [2.24, 2.45) is 23.0 Å². The van der Waals surface area contributed by atoms with Crippen molar-refractivity contribution in [3.63, 3.8) is 0 Å². The molecular formula is C16H29N. The molecule has 2 aliphatic carbocycles. The van der Waals surface area contributed by atoms with E-state index < -0.39 is 0 Å². The van der Waals surface area contributed by atoms with Crippen LogP contribution in [-0.2, 0) is 0 Å². The summed E-state index contributed by atoms with van der Waals surface area (Å²) in [6.07, 6.45) is 6.37. The Labute approximate surface area is 107 Å². The average molecular weight is 235 g/mol. The summed E-state index contributed by atoms with van der Waals surface area (Å²) in [7, 11) is 0. The first-order valence-electron chi connectivity index (χ1n) is 7.32. The van der Waals surface area contributed by atoms with Crippen LogP contribution >= 0.6 is 0 Å². The zero-order valence-corrected chi connectivity index (χ0v) is 12.3. The molecule has 98 valence electrons. The number of hydrogen-bond acceptors (Lipinski definition) is 1. The fourth-order valence-electron chi connectivity index (χ4n) is 4.69. The Morgan fingerprint density at radius 2 is 2.00 bits per heavy atom. The van der Waals surface area contributed by atoms with Crippen LogP contribution in [0.3, 0.4) is 0 Å². The van der Waals surface area contributed by atoms with Crippen LogP contribution in [0.2, 0.25) is 0 Å². The van der Waals surface area contributed by atoms with Crippen LogP contribution in [0.25, 0.3) is 0 Å². The summed E-state index contributed by atoms with van der Waals surface area (Å²) in [5.74, 6) is 1.72. The van der Waals surface area contributed by atoms with Crippen molar-refractivity contribution in [1.29, 1.82) is 0 Å². The molecule has 0 aromatic rings. The number of hydrogen-bond donors (Lipinski definition) is 1. The van der Waals surface area contributed by atoms with E-state index in [1.165, 1.54) is 32.1 Å². The summed E-state index contributed by atoms with van der Waals surface area (Å²) in [5, 5.41) is 0. The number of allylic oxidation sites excluding steroid dienone is 1. The summed E-state index contributed by atoms with van der Waals surface area (Å²) in [5.41, 5.74) is 10.1. The minimum Gasteiger partial charge on any atom is -0.322 e. The van der Waals surface area contributed by atoms with Gasteiger partial charge >= 0.3 is 0 Å². The molecule has 0 bridgehead atoms. The fourth-order valence-corrected chi connectivity index (χ4v) is 4.69. The second-order valence-corrected chi connectivity index (χ2v) is 7.00. The number of nitrogens with two attached hydrogens (primary N) is 1. The van der Waals surface area contributed by atoms with Crippen LogP contribution in [-0.4, -0.2) is 5.54 Å². The SMILES string of the molecule is CCC1C[C@@](C)(C2=C(C)CCC[C@@]2(C)N)C1C. The van der Waals surface area contributed by atoms with Gasteiger partial charge in [0.25, 0.3) is 0 Å². The lowest BCUT2D eigenvalue weighted by Crippen LogP contribution is -2.55. The molecule has 2 N–H and O–H groups in total. The number of rotatable bonds is 2. The molecule has 0 amide bonds. The van der Waals surface area contributed by atoms with Crippen molar-refractivity contribution in [1.82, 2.24) is 0 Å². The fraction of sp³-hybridized carbons (Fsp3) is 0.875. The van der Waals surface area contributed by atoms with Gasteiger partial charge in [-0.3, -0.25) is 0 Å². The minimum absolute atomic E-state index is 0.0515. The van der Waals surface area contributed by atoms with Crippen molar-refractivity contribution >= 4 is 0 Å². The Morgan fingerprint density at radius 3 is 2.47 bits per heavy atom. The van der Waals surface area contributed by atoms with Gasteiger partial charge in [-0.05, 0) is 62.4 Å². The molecule has 0 aromatic heterocycles. The van der Waals surface area contributed by atoms with Crippen molar-refractivity contribution in [3.8, 4) is 0 Å². The highest BCUT2D eigenvalue weighted by atomic mass is 14.8. The first-order chi connectivity index (χ1) is 7.83. The van der Waals surface area contributed by atoms with E-state index in [9.17, 15) is 0 Å². The van der Waals surface area contributed by atoms with Crippen molar-refractivity contribution < 1.29 is 0 Å². The van der Waals surface area contributed by atoms with Gasteiger partial charge < -0.3 is 5.73 Å². The summed E-state index contributed by atoms with van der Waals surface area (Å²) in [4.78, 5) is 0. The first-order valence-corrected chi connectivity index (χ1v) is 7.32. The summed E-state index contributed by atoms with van der Waals surface area (Å²) in [6, 6.07) is 0. The van der Waals surface area contributed by atoms with E-state index in [2.05, 4.69) is 34.6 Å². The van der Waals surface area contributed by atoms with E-state index in [-0.39, 0.29) is 5.54 Å². The normalized spacial score (nSPS) is 46.9. The van der Waals surface area contributed by atoms with Gasteiger partial charge in [0, 0.05) is 5.54 Å². The maximum absolute atomic E-state index is 6.60. The third-order valence-electron chi connectivity index (χ3n) is 5.74. The molecule has 1 fully saturated rings. The van der Waals surface area contributed by atoms with Crippen LogP contribution in [0.15, 0.2) is 11.1 Å². The first kappa shape index (κ1) is 13.1. The van der Waals surface area contributed by atoms with Crippen LogP contribution < -0.4 is 5.73 Å². The molecule has 1 nitrogen and oxygen atoms in total. The summed E-state index contributed by atoms with van der Waals surface area (Å²) >= 11 is 0. The molecule has 2 unspecified atom stereocenters. The molecule has 0 aromatic carbocycles. The molecule has 0 saturated heterocycles. The molecule has 0 radical (unpaired) electrons. The Kier molecular flexibility index (Phi) is 3.18. The largest absolute Gasteiger partial charge is 0.322 e. The van der Waals surface area contributed by atoms with E-state index in [0.29, 0.717) is 5.41 Å². The summed E-state index contributed by atoms with van der Waals surface area (Å²) in [6.45, 7) is 11.8. The standard InChI is InChI=1S/C16H29N/c1-6-13-10-15(4,12(13)3)14-11(2)8-7-9-16(14,5)17/h12-13H,6-10,17H2,1-5H3/t12?,13?,15-,16-/m1/s1. The van der Waals surface area contributed by atoms with E-state index >= 15 is 0 Å². The van der Waals surface area contributed by atoms with Crippen molar-refractivity contribution in [2.45, 2.75) is 72.3 Å². The van der Waals surface area contributed by atoms with Gasteiger partial charge in [0.2, 0.25) is 0 Å². The Hall–Kier alpha value is -0.300. The lowest BCUT2D eigenvalue weighted by molar-refractivity contribution is 0.00357. The highest BCUT2D eigenvalue weighted by molar-refractivity contribution is 5.36. The molecule has 1 saturated carbocycles. The smallest absolute Gasteiger partial charge is 0.0348 e. The monoisotopic (exact) mass is 235 g/mol. The van der Waals surface area contributed by atoms with Gasteiger partial charge in [0.15, 0.2) is 0 Å². The third kappa shape index (κ3) is 1.87. The van der Waals surface area contributed by atoms with Gasteiger partial charge in [-0.2, -0.15) is 0 Å². The topological polar surface area (TPSA) is 26.0 Å². The second-order valence-electron chi connectivity index (χ2n) is 7.00. The van der Waals surface area contributed by atoms with Crippen molar-refractivity contribution in [2.75, 3.05) is 0 Å². The van der Waals surface area contributed by atoms with E-state index in [1.807, 2.05) is 0 Å². The summed E-state index contributed by atoms with van der Waals surface area (Å²) < 4.78 is 0. The van der Waals surface area contributed by atoms with Gasteiger partial charge in [-0.25, -0.2) is 0 Å². The highest BCUT2D eigenvalue weighted by Gasteiger charge is 2.53. The molecule has 0 spiro atoms. The minimum atomic E-state index is -0.0515. The van der Waals surface area contributed by atoms with Crippen LogP contribution in [0.4, 0.5) is 0 Å². The van der Waals surface area contributed by atoms with Crippen LogP contribution in [0.1, 0.15) is 66.7 Å². The third-order valence-corrected chi connectivity index (χ3v) is 5.74. The zero-order chi connectivity index (χ0) is 12.8. The average Bonchev–Trinajstić information content (AvgIpc) is 2.24.